The number of aliphatic hydroxyl groups excluding tert-OH is 1. The first-order valence-electron chi connectivity index (χ1n) is 10.1. The predicted molar refractivity (Wildman–Crippen MR) is 92.7 cm³/mol. The van der Waals surface area contributed by atoms with Crippen LogP contribution in [0.4, 0.5) is 0 Å². The molecule has 6 atom stereocenters. The van der Waals surface area contributed by atoms with E-state index in [9.17, 15) is 9.90 Å². The SMILES string of the molecule is C[C@]12CCC3C(C(=O)C=C4CC5(CC[C@@]43C)OCCO5)C1CCC2O.[Ac]. The van der Waals surface area contributed by atoms with E-state index in [-0.39, 0.29) is 66.9 Å². The van der Waals surface area contributed by atoms with E-state index in [1.165, 1.54) is 5.57 Å². The van der Waals surface area contributed by atoms with Crippen molar-refractivity contribution >= 4 is 5.78 Å². The average molecular weight is 573 g/mol. The van der Waals surface area contributed by atoms with Crippen LogP contribution in [0.1, 0.15) is 58.8 Å². The van der Waals surface area contributed by atoms with Crippen LogP contribution in [0.5, 0.6) is 0 Å². The molecule has 0 aromatic carbocycles. The molecule has 5 heteroatoms. The zero-order chi connectivity index (χ0) is 17.4. The van der Waals surface area contributed by atoms with Gasteiger partial charge < -0.3 is 14.6 Å². The van der Waals surface area contributed by atoms with E-state index < -0.39 is 5.79 Å². The van der Waals surface area contributed by atoms with Crippen molar-refractivity contribution in [1.82, 2.24) is 0 Å². The molecule has 0 aromatic rings. The minimum absolute atomic E-state index is 0. The third-order valence-electron chi connectivity index (χ3n) is 8.72. The van der Waals surface area contributed by atoms with E-state index >= 15 is 0 Å². The molecular formula is C21H30AcO4. The van der Waals surface area contributed by atoms with E-state index in [0.717, 1.165) is 44.9 Å². The Hall–Kier alpha value is 0.732. The van der Waals surface area contributed by atoms with E-state index in [4.69, 9.17) is 9.47 Å². The van der Waals surface area contributed by atoms with Gasteiger partial charge in [-0.25, -0.2) is 0 Å². The Morgan fingerprint density at radius 1 is 1.04 bits per heavy atom. The number of hydrogen-bond acceptors (Lipinski definition) is 4. The molecule has 0 aromatic heterocycles. The molecule has 4 nitrogen and oxygen atoms in total. The summed E-state index contributed by atoms with van der Waals surface area (Å²) in [5, 5.41) is 10.5. The van der Waals surface area contributed by atoms with Crippen molar-refractivity contribution in [3.63, 3.8) is 0 Å². The first-order chi connectivity index (χ1) is 11.9. The second kappa shape index (κ2) is 6.63. The maximum absolute atomic E-state index is 13.2. The van der Waals surface area contributed by atoms with E-state index in [2.05, 4.69) is 13.8 Å². The molecular weight excluding hydrogens is 543 g/mol. The van der Waals surface area contributed by atoms with Gasteiger partial charge in [-0.05, 0) is 60.8 Å². The molecule has 0 bridgehead atoms. The smallest absolute Gasteiger partial charge is 0.172 e. The monoisotopic (exact) mass is 573 g/mol. The largest absolute Gasteiger partial charge is 0.393 e. The summed E-state index contributed by atoms with van der Waals surface area (Å²) in [7, 11) is 0. The summed E-state index contributed by atoms with van der Waals surface area (Å²) in [6.07, 6.45) is 8.40. The number of ether oxygens (including phenoxy) is 2. The van der Waals surface area contributed by atoms with Gasteiger partial charge >= 0.3 is 0 Å². The van der Waals surface area contributed by atoms with Gasteiger partial charge in [0, 0.05) is 62.8 Å². The minimum atomic E-state index is -0.467. The molecule has 1 N–H and O–H groups in total. The minimum Gasteiger partial charge on any atom is -0.393 e. The van der Waals surface area contributed by atoms with Crippen molar-refractivity contribution in [1.29, 1.82) is 0 Å². The van der Waals surface area contributed by atoms with E-state index in [1.807, 2.05) is 6.08 Å². The number of rotatable bonds is 0. The Morgan fingerprint density at radius 3 is 2.50 bits per heavy atom. The van der Waals surface area contributed by atoms with Gasteiger partial charge in [-0.2, -0.15) is 0 Å². The molecule has 1 heterocycles. The van der Waals surface area contributed by atoms with Crippen LogP contribution < -0.4 is 0 Å². The number of hydrogen-bond donors (Lipinski definition) is 1. The topological polar surface area (TPSA) is 55.8 Å². The van der Waals surface area contributed by atoms with Gasteiger partial charge in [-0.15, -0.1) is 0 Å². The molecule has 4 fully saturated rings. The first kappa shape index (κ1) is 20.0. The number of fused-ring (bicyclic) bond motifs is 5. The van der Waals surface area contributed by atoms with Crippen molar-refractivity contribution < 1.29 is 63.4 Å². The summed E-state index contributed by atoms with van der Waals surface area (Å²) < 4.78 is 11.9. The third kappa shape index (κ3) is 2.63. The Bertz CT molecular complexity index is 640. The summed E-state index contributed by atoms with van der Waals surface area (Å²) in [6, 6.07) is 0. The Morgan fingerprint density at radius 2 is 1.77 bits per heavy atom. The summed E-state index contributed by atoms with van der Waals surface area (Å²) in [4.78, 5) is 13.2. The molecule has 3 saturated carbocycles. The van der Waals surface area contributed by atoms with Crippen LogP contribution in [-0.2, 0) is 14.3 Å². The number of carbonyl (C=O) groups is 1. The van der Waals surface area contributed by atoms with Crippen LogP contribution in [0.2, 0.25) is 0 Å². The van der Waals surface area contributed by atoms with Crippen LogP contribution in [0.25, 0.3) is 0 Å². The molecule has 26 heavy (non-hydrogen) atoms. The first-order valence-corrected chi connectivity index (χ1v) is 10.1. The fourth-order valence-corrected chi connectivity index (χ4v) is 7.07. The average Bonchev–Trinajstić information content (AvgIpc) is 3.15. The van der Waals surface area contributed by atoms with Crippen LogP contribution in [0.15, 0.2) is 11.6 Å². The second-order valence-electron chi connectivity index (χ2n) is 9.65. The predicted octanol–water partition coefficient (Wildman–Crippen LogP) is 3.23. The van der Waals surface area contributed by atoms with Crippen molar-refractivity contribution in [3.8, 4) is 0 Å². The summed E-state index contributed by atoms with van der Waals surface area (Å²) in [5.74, 6) is 0.701. The van der Waals surface area contributed by atoms with Crippen molar-refractivity contribution in [3.05, 3.63) is 11.6 Å². The Labute approximate surface area is 192 Å². The summed E-state index contributed by atoms with van der Waals surface area (Å²) in [5.41, 5.74) is 1.29. The maximum Gasteiger partial charge on any atom is 0.172 e. The van der Waals surface area contributed by atoms with Gasteiger partial charge in [-0.1, -0.05) is 19.4 Å². The van der Waals surface area contributed by atoms with Crippen LogP contribution in [0, 0.1) is 72.6 Å². The number of carbonyl (C=O) groups excluding carboxylic acids is 1. The normalized spacial score (nSPS) is 49.0. The van der Waals surface area contributed by atoms with Gasteiger partial charge in [0.25, 0.3) is 0 Å². The fraction of sp³-hybridized carbons (Fsp3) is 0.857. The summed E-state index contributed by atoms with van der Waals surface area (Å²) >= 11 is 0. The van der Waals surface area contributed by atoms with Crippen molar-refractivity contribution in [2.45, 2.75) is 70.7 Å². The standard InChI is InChI=1S/C21H30O4.Ac/c1-19-7-8-21(24-9-10-25-21)12-13(19)11-16(22)18-14-3-4-17(23)20(14,2)6-5-15(18)19;/h11,14-15,17-18,23H,3-10,12H2,1-2H3;/t14?,15?,17?,18?,19-,20-;/m0./s1. The fourth-order valence-electron chi connectivity index (χ4n) is 7.07. The van der Waals surface area contributed by atoms with E-state index in [1.54, 1.807) is 0 Å². The number of allylic oxidation sites excluding steroid dienone is 1. The van der Waals surface area contributed by atoms with Crippen LogP contribution in [0.3, 0.4) is 0 Å². The van der Waals surface area contributed by atoms with Gasteiger partial charge in [0.05, 0.1) is 19.3 Å². The maximum atomic E-state index is 13.2. The van der Waals surface area contributed by atoms with Crippen molar-refractivity contribution in [2.75, 3.05) is 13.2 Å². The molecule has 1 saturated heterocycles. The van der Waals surface area contributed by atoms with Gasteiger partial charge in [0.15, 0.2) is 11.6 Å². The molecule has 4 aliphatic carbocycles. The number of aliphatic hydroxyl groups is 1. The third-order valence-corrected chi connectivity index (χ3v) is 8.72. The van der Waals surface area contributed by atoms with Gasteiger partial charge in [-0.3, -0.25) is 4.79 Å². The van der Waals surface area contributed by atoms with E-state index in [0.29, 0.717) is 30.8 Å². The summed E-state index contributed by atoms with van der Waals surface area (Å²) in [6.45, 7) is 5.93. The van der Waals surface area contributed by atoms with Crippen LogP contribution >= 0.6 is 0 Å². The molecule has 4 unspecified atom stereocenters. The molecule has 141 valence electrons. The molecule has 5 rings (SSSR count). The molecule has 1 aliphatic heterocycles. The zero-order valence-electron chi connectivity index (χ0n) is 16.0. The van der Waals surface area contributed by atoms with Gasteiger partial charge in [0.2, 0.25) is 0 Å². The second-order valence-corrected chi connectivity index (χ2v) is 9.65. The van der Waals surface area contributed by atoms with Gasteiger partial charge in [0.1, 0.15) is 0 Å². The quantitative estimate of drug-likeness (QED) is 0.484. The molecule has 5 aliphatic rings. The van der Waals surface area contributed by atoms with Crippen molar-refractivity contribution in [2.24, 2.45) is 28.6 Å². The zero-order valence-corrected chi connectivity index (χ0v) is 20.7. The Balaban J connectivity index is 0.00000168. The molecule has 1 spiro atoms. The van der Waals surface area contributed by atoms with Crippen LogP contribution in [-0.4, -0.2) is 36.0 Å². The Kier molecular flexibility index (Phi) is 5.10. The molecule has 1 radical (unpaired) electrons. The number of ketones is 1. The molecule has 0 amide bonds.